The van der Waals surface area contributed by atoms with Crippen LogP contribution in [-0.2, 0) is 66.4 Å². The molecule has 0 aromatic rings. The van der Waals surface area contributed by atoms with E-state index in [2.05, 4.69) is 0 Å². The van der Waals surface area contributed by atoms with Gasteiger partial charge >= 0.3 is 5.97 Å². The maximum atomic E-state index is 12.8. The largest absolute Gasteiger partial charge is 0.456 e. The van der Waals surface area contributed by atoms with Gasteiger partial charge in [0, 0.05) is 0 Å². The third-order valence-corrected chi connectivity index (χ3v) is 13.2. The molecule has 0 aromatic heterocycles. The van der Waals surface area contributed by atoms with Crippen molar-refractivity contribution < 1.29 is 158 Å². The van der Waals surface area contributed by atoms with Gasteiger partial charge in [0.15, 0.2) is 43.8 Å². The lowest BCUT2D eigenvalue weighted by molar-refractivity contribution is -0.404. The van der Waals surface area contributed by atoms with E-state index in [0.29, 0.717) is 0 Å². The molecule has 22 aliphatic rings. The van der Waals surface area contributed by atoms with Crippen LogP contribution in [0.15, 0.2) is 0 Å². The zero-order valence-corrected chi connectivity index (χ0v) is 37.2. The van der Waals surface area contributed by atoms with E-state index < -0.39 is 243 Å². The molecule has 18 N–H and O–H groups in total. The maximum absolute atomic E-state index is 12.8. The van der Waals surface area contributed by atoms with Crippen molar-refractivity contribution in [3.05, 3.63) is 0 Å². The standard InChI is InChI=1S/C39H64O32/c40-2-1-15(47)65-33-26(58)39-64-14(8-46)32(33)71-38-25(57)20(52)30(12(6-44)63-38)69-36-23(55)18(50)28(10(4-42)61-36)67-34-21(53)16(48)27(9(3-41)59-34)66-35-22(54)17(49)29(11(5-43)60-35)68-37-24(56)19(51)31(70-39)13(7-45)62-37/h9-14,16-46,48-58H,1-8H2/t9-,10-,11-,12-,13-,14-,16-,17-,18-,19-,20-,21-,22-,23-,24-,25-,26-,27-,28-,29-,30-,31-,32+,33-,34-,35-,36-,37-,38-,39-/m1/s1. The summed E-state index contributed by atoms with van der Waals surface area (Å²) in [5.74, 6) is -1.18. The lowest BCUT2D eigenvalue weighted by Crippen LogP contribution is -2.69. The molecule has 0 radical (unpaired) electrons. The molecule has 22 fully saturated rings. The van der Waals surface area contributed by atoms with E-state index in [1.807, 2.05) is 0 Å². The number of hydrogen-bond donors (Lipinski definition) is 18. The first-order chi connectivity index (χ1) is 33.9. The number of rotatable bonds is 9. The molecule has 0 unspecified atom stereocenters. The molecule has 0 amide bonds. The molecule has 0 aliphatic carbocycles. The highest BCUT2D eigenvalue weighted by Gasteiger charge is 2.59. The van der Waals surface area contributed by atoms with Crippen LogP contribution in [0.1, 0.15) is 6.42 Å². The average Bonchev–Trinajstić information content (AvgIpc) is 3.36. The monoisotopic (exact) mass is 1040 g/mol. The van der Waals surface area contributed by atoms with E-state index in [1.54, 1.807) is 0 Å². The van der Waals surface area contributed by atoms with Crippen molar-refractivity contribution >= 4 is 5.97 Å². The van der Waals surface area contributed by atoms with Crippen LogP contribution in [-0.4, -0.2) is 328 Å². The quantitative estimate of drug-likeness (QED) is 0.0954. The molecule has 0 spiro atoms. The van der Waals surface area contributed by atoms with Gasteiger partial charge < -0.3 is 153 Å². The lowest BCUT2D eigenvalue weighted by Gasteiger charge is -2.51. The van der Waals surface area contributed by atoms with Crippen molar-refractivity contribution in [1.29, 1.82) is 0 Å². The van der Waals surface area contributed by atoms with Crippen LogP contribution in [0.5, 0.6) is 0 Å². The number of hydrogen-bond acceptors (Lipinski definition) is 32. The Balaban J connectivity index is 1.22. The fourth-order valence-electron chi connectivity index (χ4n) is 9.35. The van der Waals surface area contributed by atoms with Gasteiger partial charge in [-0.15, -0.1) is 0 Å². The van der Waals surface area contributed by atoms with Crippen LogP contribution >= 0.6 is 0 Å². The van der Waals surface area contributed by atoms with E-state index in [1.165, 1.54) is 0 Å². The number of ether oxygens (including phenoxy) is 13. The number of aliphatic hydroxyl groups excluding tert-OH is 18. The fourth-order valence-corrected chi connectivity index (χ4v) is 9.35. The van der Waals surface area contributed by atoms with Crippen LogP contribution in [0.4, 0.5) is 0 Å². The summed E-state index contributed by atoms with van der Waals surface area (Å²) in [6, 6.07) is 0. The Morgan fingerprint density at radius 2 is 0.507 bits per heavy atom. The average molecular weight is 1040 g/mol. The van der Waals surface area contributed by atoms with Gasteiger partial charge in [0.05, 0.1) is 52.7 Å². The molecule has 22 rings (SSSR count). The summed E-state index contributed by atoms with van der Waals surface area (Å²) in [4.78, 5) is 12.8. The smallest absolute Gasteiger partial charge is 0.308 e. The Morgan fingerprint density at radius 1 is 0.296 bits per heavy atom. The zero-order chi connectivity index (χ0) is 51.7. The second kappa shape index (κ2) is 24.5. The van der Waals surface area contributed by atoms with Crippen LogP contribution in [0.2, 0.25) is 0 Å². The predicted octanol–water partition coefficient (Wildman–Crippen LogP) is -13.1. The molecule has 30 atom stereocenters. The molecule has 22 aliphatic heterocycles. The first-order valence-electron chi connectivity index (χ1n) is 22.7. The molecule has 412 valence electrons. The van der Waals surface area contributed by atoms with Crippen LogP contribution in [0.25, 0.3) is 0 Å². The van der Waals surface area contributed by atoms with Gasteiger partial charge in [-0.2, -0.15) is 0 Å². The lowest BCUT2D eigenvalue weighted by atomic mass is 9.94. The van der Waals surface area contributed by atoms with Gasteiger partial charge in [-0.3, -0.25) is 4.79 Å². The molecule has 32 nitrogen and oxygen atoms in total. The van der Waals surface area contributed by atoms with Crippen molar-refractivity contribution in [3.8, 4) is 0 Å². The van der Waals surface area contributed by atoms with E-state index in [9.17, 15) is 96.7 Å². The molecule has 22 saturated heterocycles. The van der Waals surface area contributed by atoms with Crippen LogP contribution in [0.3, 0.4) is 0 Å². The zero-order valence-electron chi connectivity index (χ0n) is 37.2. The van der Waals surface area contributed by atoms with Gasteiger partial charge in [0.25, 0.3) is 0 Å². The van der Waals surface area contributed by atoms with Gasteiger partial charge in [-0.05, 0) is 0 Å². The summed E-state index contributed by atoms with van der Waals surface area (Å²) in [6.07, 6.45) is -60.5. The van der Waals surface area contributed by atoms with Crippen molar-refractivity contribution in [2.45, 2.75) is 191 Å². The third kappa shape index (κ3) is 11.5. The van der Waals surface area contributed by atoms with Gasteiger partial charge in [-0.25, -0.2) is 0 Å². The minimum Gasteiger partial charge on any atom is -0.456 e. The number of esters is 1. The van der Waals surface area contributed by atoms with Gasteiger partial charge in [0.2, 0.25) is 0 Å². The Morgan fingerprint density at radius 3 is 0.732 bits per heavy atom. The topological polar surface area (TPSA) is 501 Å². The highest BCUT2D eigenvalue weighted by atomic mass is 16.8. The predicted molar refractivity (Wildman–Crippen MR) is 211 cm³/mol. The third-order valence-electron chi connectivity index (χ3n) is 13.2. The van der Waals surface area contributed by atoms with Crippen molar-refractivity contribution in [3.63, 3.8) is 0 Å². The van der Waals surface area contributed by atoms with Crippen molar-refractivity contribution in [2.75, 3.05) is 46.2 Å². The first kappa shape index (κ1) is 57.0. The Bertz CT molecular complexity index is 1660. The van der Waals surface area contributed by atoms with Crippen molar-refractivity contribution in [1.82, 2.24) is 0 Å². The van der Waals surface area contributed by atoms with Crippen LogP contribution < -0.4 is 0 Å². The molecule has 12 bridgehead atoms. The molecule has 0 saturated carbocycles. The van der Waals surface area contributed by atoms with E-state index in [-0.39, 0.29) is 0 Å². The highest BCUT2D eigenvalue weighted by molar-refractivity contribution is 5.69. The van der Waals surface area contributed by atoms with E-state index in [0.717, 1.165) is 0 Å². The first-order valence-corrected chi connectivity index (χ1v) is 22.7. The number of aliphatic hydroxyl groups is 18. The second-order valence-corrected chi connectivity index (χ2v) is 17.8. The molecule has 32 heteroatoms. The fraction of sp³-hybridized carbons (Fsp3) is 0.974. The number of carbonyl (C=O) groups is 1. The minimum atomic E-state index is -2.23. The highest BCUT2D eigenvalue weighted by Crippen LogP contribution is 2.38. The summed E-state index contributed by atoms with van der Waals surface area (Å²) in [7, 11) is 0. The molecule has 71 heavy (non-hydrogen) atoms. The van der Waals surface area contributed by atoms with E-state index >= 15 is 0 Å². The molecule has 0 aromatic carbocycles. The Kier molecular flexibility index (Phi) is 19.7. The summed E-state index contributed by atoms with van der Waals surface area (Å²) in [6.45, 7) is -6.99. The minimum absolute atomic E-state index is 0.672. The SMILES string of the molecule is O=C(CCO)O[C@@H]1[C@@H](O)[C@H]2O[C@H]3[C@H](O)[C@@H](O)[C@@H](O[C@H]4[C@H](O)[C@@H](O)[C@@H](O[C@H]5[C@H](O)[C@@H](O)[C@@H](O[C@H]6[C@H](O)[C@@H](O)[C@@H](O[C@H]7[C@H](O)[C@@H](O)[C@@H](O[C@H]1[C@@H](CO)O2)O[C@@H]7CO)O[C@@H]6CO)O[C@@H]5CO)O[C@@H]4CO)O[C@@H]3CO. The number of carbonyl (C=O) groups excluding carboxylic acids is 1. The summed E-state index contributed by atoms with van der Waals surface area (Å²) >= 11 is 0. The second-order valence-electron chi connectivity index (χ2n) is 17.8. The van der Waals surface area contributed by atoms with Crippen LogP contribution in [0, 0.1) is 0 Å². The van der Waals surface area contributed by atoms with E-state index in [4.69, 9.17) is 61.6 Å². The molecular weight excluding hydrogens is 980 g/mol. The molecular formula is C39H64O32. The normalized spacial score (nSPS) is 52.2. The summed E-state index contributed by atoms with van der Waals surface area (Å²) in [5.41, 5.74) is 0. The Hall–Kier alpha value is -1.73. The molecule has 22 heterocycles. The maximum Gasteiger partial charge on any atom is 0.308 e. The summed E-state index contributed by atoms with van der Waals surface area (Å²) < 4.78 is 74.0. The summed E-state index contributed by atoms with van der Waals surface area (Å²) in [5, 5.41) is 196. The van der Waals surface area contributed by atoms with Gasteiger partial charge in [0.1, 0.15) is 140 Å². The van der Waals surface area contributed by atoms with Gasteiger partial charge in [-0.1, -0.05) is 0 Å². The Labute approximate surface area is 401 Å². The van der Waals surface area contributed by atoms with Crippen molar-refractivity contribution in [2.24, 2.45) is 0 Å².